The quantitative estimate of drug-likeness (QED) is 0.0861. The third-order valence-corrected chi connectivity index (χ3v) is 12.4. The molecule has 4 heterocycles. The molecule has 0 atom stereocenters. The molecule has 2 aromatic carbocycles. The number of hydrogen-bond acceptors (Lipinski definition) is 14. The molecule has 6 N–H and O–H groups in total. The van der Waals surface area contributed by atoms with Crippen molar-refractivity contribution in [2.24, 2.45) is 16.0 Å². The Morgan fingerprint density at radius 2 is 1.16 bits per heavy atom. The van der Waals surface area contributed by atoms with E-state index in [2.05, 4.69) is 34.0 Å². The number of aromatic hydroxyl groups is 2. The van der Waals surface area contributed by atoms with Crippen LogP contribution in [0.25, 0.3) is 11.6 Å². The number of phenolic OH excluding ortho intramolecular Hbond substituents is 2. The van der Waals surface area contributed by atoms with E-state index in [0.717, 1.165) is 25.0 Å². The molecule has 2 aliphatic rings. The Labute approximate surface area is 371 Å². The average Bonchev–Trinajstić information content (AvgIpc) is 3.99. The minimum atomic E-state index is -4.20. The van der Waals surface area contributed by atoms with Crippen molar-refractivity contribution < 1.29 is 51.2 Å². The Bertz CT molecular complexity index is 2880. The number of nitrogens with zero attached hydrogens (tertiary/aromatic N) is 6. The van der Waals surface area contributed by atoms with E-state index in [-0.39, 0.29) is 53.6 Å². The summed E-state index contributed by atoms with van der Waals surface area (Å²) in [6.07, 6.45) is 7.98. The van der Waals surface area contributed by atoms with E-state index >= 15 is 0 Å². The van der Waals surface area contributed by atoms with Gasteiger partial charge in [0, 0.05) is 41.4 Å². The number of carbonyl (C=O) groups excluding carboxylic acids is 1. The molecule has 2 saturated carbocycles. The summed E-state index contributed by atoms with van der Waals surface area (Å²) in [7, 11) is -7.88. The Morgan fingerprint density at radius 3 is 1.56 bits per heavy atom. The number of primary sulfonamides is 1. The predicted octanol–water partition coefficient (Wildman–Crippen LogP) is 5.76. The topological polar surface area (TPSA) is 281 Å². The van der Waals surface area contributed by atoms with E-state index < -0.39 is 31.9 Å². The van der Waals surface area contributed by atoms with E-state index in [4.69, 9.17) is 48.0 Å². The number of carboxylic acids is 1. The monoisotopic (exact) mass is 942 g/mol. The number of benzene rings is 2. The van der Waals surface area contributed by atoms with Gasteiger partial charge in [-0.25, -0.2) is 50.8 Å². The van der Waals surface area contributed by atoms with Crippen molar-refractivity contribution in [3.05, 3.63) is 119 Å². The fraction of sp³-hybridized carbons (Fsp3) is 0.250. The first-order chi connectivity index (χ1) is 29.6. The van der Waals surface area contributed by atoms with Crippen molar-refractivity contribution in [2.45, 2.75) is 49.3 Å². The second-order valence-corrected chi connectivity index (χ2v) is 19.2. The number of phenols is 2. The number of nitrogens with one attached hydrogen (secondary N) is 1. The molecule has 19 nitrogen and oxygen atoms in total. The summed E-state index contributed by atoms with van der Waals surface area (Å²) in [6, 6.07) is 19.4. The number of nitrogens with two attached hydrogens (primary N) is 1. The van der Waals surface area contributed by atoms with Gasteiger partial charge in [-0.3, -0.25) is 4.79 Å². The van der Waals surface area contributed by atoms with Crippen molar-refractivity contribution in [2.75, 3.05) is 13.2 Å². The first-order valence-electron chi connectivity index (χ1n) is 18.7. The van der Waals surface area contributed by atoms with Crippen LogP contribution in [0.1, 0.15) is 60.2 Å². The second-order valence-electron chi connectivity index (χ2n) is 15.2. The highest BCUT2D eigenvalue weighted by Crippen LogP contribution is 2.45. The van der Waals surface area contributed by atoms with Crippen molar-refractivity contribution in [1.29, 1.82) is 0 Å². The fourth-order valence-corrected chi connectivity index (χ4v) is 7.24. The molecule has 1 amide bonds. The van der Waals surface area contributed by atoms with Crippen LogP contribution in [-0.4, -0.2) is 86.8 Å². The van der Waals surface area contributed by atoms with E-state index in [9.17, 15) is 31.5 Å². The van der Waals surface area contributed by atoms with E-state index in [0.29, 0.717) is 36.6 Å². The molecule has 8 rings (SSSR count). The lowest BCUT2D eigenvalue weighted by atomic mass is 10.2. The number of carboxylic acid groups (broad SMARTS) is 1. The van der Waals surface area contributed by atoms with Gasteiger partial charge in [0.15, 0.2) is 11.6 Å². The Kier molecular flexibility index (Phi) is 13.7. The van der Waals surface area contributed by atoms with Gasteiger partial charge in [0.2, 0.25) is 21.8 Å². The number of pyridine rings is 2. The van der Waals surface area contributed by atoms with Gasteiger partial charge in [0.05, 0.1) is 34.1 Å². The van der Waals surface area contributed by atoms with Crippen LogP contribution < -0.4 is 19.3 Å². The summed E-state index contributed by atoms with van der Waals surface area (Å²) in [5.41, 5.74) is 0.346. The van der Waals surface area contributed by atoms with E-state index in [1.165, 1.54) is 76.8 Å². The standard InChI is InChI=1S/C20H19ClN4O5S.C14H14ClN3O3.C6H7NO3S/c1-20(8-9-20)12-30-17-7-10-25(23-17)16-6-5-15(18(21)22-16)19(27)24-31(28,29)14-4-2-3-13(26)11-14;1-14(5-6-14)8-21-11-4-7-18(17-11)10-3-2-9(13(19)20)12(15)16-10;7-11(9,10)6-3-1-2-5(8)4-6/h2-7,10-11,26H,8-9,12H2,1H3,(H,24,27);2-4,7H,5-6,8H2,1H3,(H,19,20);1-4,8H,(H2,7,9,10). The minimum absolute atomic E-state index is 0.0364. The molecule has 6 aromatic rings. The third-order valence-electron chi connectivity index (χ3n) is 9.59. The molecular weight excluding hydrogens is 904 g/mol. The summed E-state index contributed by atoms with van der Waals surface area (Å²) in [6.45, 7) is 5.56. The van der Waals surface area contributed by atoms with Gasteiger partial charge in [-0.15, -0.1) is 10.2 Å². The molecule has 0 radical (unpaired) electrons. The highest BCUT2D eigenvalue weighted by molar-refractivity contribution is 7.90. The van der Waals surface area contributed by atoms with Gasteiger partial charge >= 0.3 is 5.97 Å². The second kappa shape index (κ2) is 18.6. The van der Waals surface area contributed by atoms with Crippen LogP contribution >= 0.6 is 23.2 Å². The Hall–Kier alpha value is -6.26. The molecule has 2 fully saturated rings. The van der Waals surface area contributed by atoms with Crippen molar-refractivity contribution in [1.82, 2.24) is 34.3 Å². The number of ether oxygens (including phenoxy) is 2. The fourth-order valence-electron chi connectivity index (χ4n) is 5.22. The smallest absolute Gasteiger partial charge is 0.338 e. The number of amides is 1. The van der Waals surface area contributed by atoms with Crippen LogP contribution in [0.3, 0.4) is 0 Å². The summed E-state index contributed by atoms with van der Waals surface area (Å²) < 4.78 is 62.2. The zero-order chi connectivity index (χ0) is 45.7. The maximum absolute atomic E-state index is 12.5. The van der Waals surface area contributed by atoms with Crippen LogP contribution in [0.15, 0.2) is 107 Å². The highest BCUT2D eigenvalue weighted by atomic mass is 35.5. The van der Waals surface area contributed by atoms with Crippen molar-refractivity contribution in [3.8, 4) is 34.9 Å². The molecule has 0 bridgehead atoms. The molecule has 4 aromatic heterocycles. The molecule has 0 spiro atoms. The first kappa shape index (κ1) is 46.2. The number of carbonyl (C=O) groups is 2. The van der Waals surface area contributed by atoms with E-state index in [1.54, 1.807) is 30.6 Å². The predicted molar refractivity (Wildman–Crippen MR) is 228 cm³/mol. The molecule has 23 heteroatoms. The van der Waals surface area contributed by atoms with Crippen LogP contribution in [0.4, 0.5) is 0 Å². The van der Waals surface area contributed by atoms with Crippen LogP contribution in [0.5, 0.6) is 23.3 Å². The van der Waals surface area contributed by atoms with Gasteiger partial charge < -0.3 is 24.8 Å². The highest BCUT2D eigenvalue weighted by Gasteiger charge is 2.39. The van der Waals surface area contributed by atoms with Crippen molar-refractivity contribution >= 4 is 55.1 Å². The lowest BCUT2D eigenvalue weighted by Crippen LogP contribution is -2.31. The number of aromatic nitrogens is 6. The molecule has 0 saturated heterocycles. The minimum Gasteiger partial charge on any atom is -0.508 e. The maximum Gasteiger partial charge on any atom is 0.338 e. The Balaban J connectivity index is 0.000000177. The lowest BCUT2D eigenvalue weighted by molar-refractivity contribution is 0.0696. The summed E-state index contributed by atoms with van der Waals surface area (Å²) in [5.74, 6) is -0.670. The SMILES string of the molecule is CC1(COc2ccn(-c3ccc(C(=O)NS(=O)(=O)c4cccc(O)c4)c(Cl)n3)n2)CC1.CC1(COc2ccn(-c3ccc(C(=O)O)c(Cl)n3)n2)CC1.NS(=O)(=O)c1cccc(O)c1. The van der Waals surface area contributed by atoms with Crippen LogP contribution in [0, 0.1) is 10.8 Å². The number of rotatable bonds is 13. The van der Waals surface area contributed by atoms with Gasteiger partial charge in [0.1, 0.15) is 21.8 Å². The maximum atomic E-state index is 12.5. The van der Waals surface area contributed by atoms with Crippen LogP contribution in [0.2, 0.25) is 10.3 Å². The molecule has 63 heavy (non-hydrogen) atoms. The largest absolute Gasteiger partial charge is 0.508 e. The molecule has 332 valence electrons. The van der Waals surface area contributed by atoms with Gasteiger partial charge in [-0.2, -0.15) is 0 Å². The van der Waals surface area contributed by atoms with Gasteiger partial charge in [0.25, 0.3) is 15.9 Å². The zero-order valence-corrected chi connectivity index (χ0v) is 36.6. The van der Waals surface area contributed by atoms with Crippen molar-refractivity contribution in [3.63, 3.8) is 0 Å². The van der Waals surface area contributed by atoms with Gasteiger partial charge in [-0.05, 0) is 80.3 Å². The zero-order valence-electron chi connectivity index (χ0n) is 33.4. The number of aromatic carboxylic acids is 1. The van der Waals surface area contributed by atoms with Crippen LogP contribution in [-0.2, 0) is 20.0 Å². The molecule has 0 unspecified atom stereocenters. The third kappa shape index (κ3) is 12.7. The normalized spacial score (nSPS) is 14.5. The average molecular weight is 944 g/mol. The Morgan fingerprint density at radius 1 is 0.714 bits per heavy atom. The van der Waals surface area contributed by atoms with E-state index in [1.807, 2.05) is 4.72 Å². The number of sulfonamides is 2. The summed E-state index contributed by atoms with van der Waals surface area (Å²) >= 11 is 12.0. The summed E-state index contributed by atoms with van der Waals surface area (Å²) in [4.78, 5) is 31.2. The van der Waals surface area contributed by atoms with Gasteiger partial charge in [-0.1, -0.05) is 49.2 Å². The number of halogens is 2. The molecular formula is C40H40Cl2N8O11S2. The lowest BCUT2D eigenvalue weighted by Gasteiger charge is -2.09. The molecule has 0 aliphatic heterocycles. The first-order valence-corrected chi connectivity index (χ1v) is 22.5. The molecule has 2 aliphatic carbocycles. The summed E-state index contributed by atoms with van der Waals surface area (Å²) in [5, 5.41) is 40.3. The number of hydrogen-bond donors (Lipinski definition) is 5.